The first-order valence-electron chi connectivity index (χ1n) is 8.30. The molecule has 1 heterocycles. The molecule has 1 N–H and O–H groups in total. The van der Waals surface area contributed by atoms with Crippen LogP contribution in [0.5, 0.6) is 5.75 Å². The minimum atomic E-state index is -0.503. The number of aryl methyl sites for hydroxylation is 1. The van der Waals surface area contributed by atoms with Gasteiger partial charge in [0.25, 0.3) is 5.69 Å². The molecule has 0 aliphatic carbocycles. The number of ether oxygens (including phenoxy) is 2. The second-order valence-electron chi connectivity index (χ2n) is 5.45. The number of aromatic nitrogens is 1. The predicted molar refractivity (Wildman–Crippen MR) is 96.3 cm³/mol. The molecule has 1 aromatic heterocycles. The summed E-state index contributed by atoms with van der Waals surface area (Å²) in [6.07, 6.45) is 2.67. The van der Waals surface area contributed by atoms with Gasteiger partial charge in [-0.2, -0.15) is 0 Å². The molecule has 8 heteroatoms. The van der Waals surface area contributed by atoms with Crippen molar-refractivity contribution in [3.05, 3.63) is 58.3 Å². The number of nitro groups is 1. The third-order valence-electron chi connectivity index (χ3n) is 3.51. The zero-order valence-corrected chi connectivity index (χ0v) is 14.5. The lowest BCUT2D eigenvalue weighted by molar-refractivity contribution is -0.385. The molecule has 138 valence electrons. The number of pyridine rings is 1. The molecule has 2 rings (SSSR count). The van der Waals surface area contributed by atoms with Crippen LogP contribution < -0.4 is 10.1 Å². The van der Waals surface area contributed by atoms with E-state index in [9.17, 15) is 14.9 Å². The zero-order chi connectivity index (χ0) is 18.8. The quantitative estimate of drug-likeness (QED) is 0.301. The average molecular weight is 359 g/mol. The number of nitrogens with zero attached hydrogens (tertiary/aromatic N) is 2. The maximum Gasteiger partial charge on any atom is 0.344 e. The van der Waals surface area contributed by atoms with E-state index in [1.54, 1.807) is 6.07 Å². The van der Waals surface area contributed by atoms with Gasteiger partial charge < -0.3 is 14.8 Å². The van der Waals surface area contributed by atoms with Gasteiger partial charge in [-0.3, -0.25) is 10.1 Å². The maximum atomic E-state index is 11.7. The average Bonchev–Trinajstić information content (AvgIpc) is 2.66. The lowest BCUT2D eigenvalue weighted by Crippen LogP contribution is -2.17. The SMILES string of the molecule is CCc1cccc(OCC(=O)OCCCNc2ccc([N+](=O)[O-])cn2)c1. The summed E-state index contributed by atoms with van der Waals surface area (Å²) >= 11 is 0. The van der Waals surface area contributed by atoms with Crippen LogP contribution in [0.2, 0.25) is 0 Å². The molecule has 8 nitrogen and oxygen atoms in total. The molecule has 1 aromatic carbocycles. The first kappa shape index (κ1) is 19.2. The van der Waals surface area contributed by atoms with Crippen LogP contribution in [0, 0.1) is 10.1 Å². The van der Waals surface area contributed by atoms with E-state index >= 15 is 0 Å². The van der Waals surface area contributed by atoms with Crippen molar-refractivity contribution in [1.29, 1.82) is 0 Å². The van der Waals surface area contributed by atoms with Crippen molar-refractivity contribution in [1.82, 2.24) is 4.98 Å². The molecule has 0 atom stereocenters. The van der Waals surface area contributed by atoms with E-state index < -0.39 is 10.9 Å². The van der Waals surface area contributed by atoms with Gasteiger partial charge in [0, 0.05) is 12.6 Å². The van der Waals surface area contributed by atoms with Gasteiger partial charge in [-0.15, -0.1) is 0 Å². The standard InChI is InChI=1S/C18H21N3O5/c1-2-14-5-3-6-16(11-14)26-13-18(22)25-10-4-9-19-17-8-7-15(12-20-17)21(23)24/h3,5-8,11-12H,2,4,9-10,13H2,1H3,(H,19,20). The third kappa shape index (κ3) is 6.39. The van der Waals surface area contributed by atoms with Crippen molar-refractivity contribution in [3.63, 3.8) is 0 Å². The zero-order valence-electron chi connectivity index (χ0n) is 14.5. The van der Waals surface area contributed by atoms with E-state index in [4.69, 9.17) is 9.47 Å². The number of esters is 1. The van der Waals surface area contributed by atoms with Crippen molar-refractivity contribution < 1.29 is 19.2 Å². The second-order valence-corrected chi connectivity index (χ2v) is 5.45. The second kappa shape index (κ2) is 9.97. The highest BCUT2D eigenvalue weighted by Crippen LogP contribution is 2.14. The van der Waals surface area contributed by atoms with E-state index in [-0.39, 0.29) is 18.9 Å². The van der Waals surface area contributed by atoms with Gasteiger partial charge in [-0.05, 0) is 36.6 Å². The van der Waals surface area contributed by atoms with Gasteiger partial charge in [-0.1, -0.05) is 19.1 Å². The lowest BCUT2D eigenvalue weighted by Gasteiger charge is -2.08. The summed E-state index contributed by atoms with van der Waals surface area (Å²) in [7, 11) is 0. The fourth-order valence-electron chi connectivity index (χ4n) is 2.11. The van der Waals surface area contributed by atoms with Gasteiger partial charge >= 0.3 is 5.97 Å². The minimum Gasteiger partial charge on any atom is -0.482 e. The van der Waals surface area contributed by atoms with Crippen LogP contribution in [0.1, 0.15) is 18.9 Å². The number of hydrogen-bond donors (Lipinski definition) is 1. The summed E-state index contributed by atoms with van der Waals surface area (Å²) in [6.45, 7) is 2.69. The molecule has 0 aliphatic heterocycles. The summed E-state index contributed by atoms with van der Waals surface area (Å²) in [6, 6.07) is 10.5. The normalized spacial score (nSPS) is 10.2. The first-order valence-corrected chi connectivity index (χ1v) is 8.30. The van der Waals surface area contributed by atoms with Crippen molar-refractivity contribution in [2.24, 2.45) is 0 Å². The number of anilines is 1. The monoisotopic (exact) mass is 359 g/mol. The summed E-state index contributed by atoms with van der Waals surface area (Å²) in [5.41, 5.74) is 1.08. The first-order chi connectivity index (χ1) is 12.6. The summed E-state index contributed by atoms with van der Waals surface area (Å²) in [5, 5.41) is 13.5. The Labute approximate surface area is 151 Å². The van der Waals surface area contributed by atoms with Crippen LogP contribution in [0.4, 0.5) is 11.5 Å². The third-order valence-corrected chi connectivity index (χ3v) is 3.51. The molecule has 0 bridgehead atoms. The molecule has 0 saturated heterocycles. The van der Waals surface area contributed by atoms with E-state index in [0.717, 1.165) is 12.0 Å². The minimum absolute atomic E-state index is 0.0612. The fraction of sp³-hybridized carbons (Fsp3) is 0.333. The Morgan fingerprint density at radius 3 is 2.85 bits per heavy atom. The Hall–Kier alpha value is -3.16. The van der Waals surface area contributed by atoms with E-state index in [2.05, 4.69) is 10.3 Å². The molecular formula is C18H21N3O5. The number of carbonyl (C=O) groups excluding carboxylic acids is 1. The highest BCUT2D eigenvalue weighted by Gasteiger charge is 2.06. The Morgan fingerprint density at radius 1 is 1.31 bits per heavy atom. The van der Waals surface area contributed by atoms with Crippen LogP contribution in [-0.2, 0) is 16.0 Å². The van der Waals surface area contributed by atoms with Crippen LogP contribution in [-0.4, -0.2) is 35.6 Å². The molecule has 0 fully saturated rings. The van der Waals surface area contributed by atoms with Crippen molar-refractivity contribution in [2.75, 3.05) is 25.1 Å². The summed E-state index contributed by atoms with van der Waals surface area (Å²) in [5.74, 6) is 0.744. The Balaban J connectivity index is 1.60. The number of rotatable bonds is 10. The van der Waals surface area contributed by atoms with Crippen molar-refractivity contribution in [3.8, 4) is 5.75 Å². The Morgan fingerprint density at radius 2 is 2.15 bits per heavy atom. The van der Waals surface area contributed by atoms with Crippen molar-refractivity contribution >= 4 is 17.5 Å². The Kier molecular flexibility index (Phi) is 7.35. The summed E-state index contributed by atoms with van der Waals surface area (Å²) < 4.78 is 10.5. The molecule has 0 radical (unpaired) electrons. The van der Waals surface area contributed by atoms with Crippen molar-refractivity contribution in [2.45, 2.75) is 19.8 Å². The molecule has 2 aromatic rings. The van der Waals surface area contributed by atoms with Crippen LogP contribution >= 0.6 is 0 Å². The van der Waals surface area contributed by atoms with Gasteiger partial charge in [0.1, 0.15) is 17.8 Å². The fourth-order valence-corrected chi connectivity index (χ4v) is 2.11. The molecule has 0 spiro atoms. The van der Waals surface area contributed by atoms with E-state index in [1.165, 1.54) is 18.3 Å². The van der Waals surface area contributed by atoms with E-state index in [1.807, 2.05) is 25.1 Å². The number of carbonyl (C=O) groups is 1. The van der Waals surface area contributed by atoms with E-state index in [0.29, 0.717) is 24.5 Å². The van der Waals surface area contributed by atoms with Crippen LogP contribution in [0.25, 0.3) is 0 Å². The predicted octanol–water partition coefficient (Wildman–Crippen LogP) is 2.98. The van der Waals surface area contributed by atoms with Gasteiger partial charge in [-0.25, -0.2) is 9.78 Å². The molecule has 26 heavy (non-hydrogen) atoms. The van der Waals surface area contributed by atoms with Gasteiger partial charge in [0.2, 0.25) is 0 Å². The molecule has 0 amide bonds. The molecular weight excluding hydrogens is 338 g/mol. The lowest BCUT2D eigenvalue weighted by atomic mass is 10.2. The smallest absolute Gasteiger partial charge is 0.344 e. The van der Waals surface area contributed by atoms with Crippen LogP contribution in [0.3, 0.4) is 0 Å². The highest BCUT2D eigenvalue weighted by molar-refractivity contribution is 5.71. The summed E-state index contributed by atoms with van der Waals surface area (Å²) in [4.78, 5) is 25.6. The van der Waals surface area contributed by atoms with Gasteiger partial charge in [0.15, 0.2) is 6.61 Å². The molecule has 0 aliphatic rings. The maximum absolute atomic E-state index is 11.7. The topological polar surface area (TPSA) is 104 Å². The highest BCUT2D eigenvalue weighted by atomic mass is 16.6. The van der Waals surface area contributed by atoms with Gasteiger partial charge in [0.05, 0.1) is 11.5 Å². The number of nitrogens with one attached hydrogen (secondary N) is 1. The van der Waals surface area contributed by atoms with Crippen LogP contribution in [0.15, 0.2) is 42.6 Å². The largest absolute Gasteiger partial charge is 0.482 e. The molecule has 0 unspecified atom stereocenters. The Bertz CT molecular complexity index is 734. The number of hydrogen-bond acceptors (Lipinski definition) is 7. The molecule has 0 saturated carbocycles. The number of benzene rings is 1.